The van der Waals surface area contributed by atoms with Gasteiger partial charge in [0.05, 0.1) is 0 Å². The van der Waals surface area contributed by atoms with Crippen molar-refractivity contribution in [3.8, 4) is 0 Å². The van der Waals surface area contributed by atoms with Gasteiger partial charge in [0.15, 0.2) is 5.25 Å². The number of hydrogen-bond donors (Lipinski definition) is 4. The normalized spacial score (nSPS) is 13.7. The SMILES string of the molecule is NCCCNCCC(C(=O)O)S(=O)(=O)O. The maximum absolute atomic E-state index is 10.6. The maximum atomic E-state index is 10.6. The van der Waals surface area contributed by atoms with E-state index in [1.807, 2.05) is 0 Å². The highest BCUT2D eigenvalue weighted by atomic mass is 32.2. The van der Waals surface area contributed by atoms with E-state index in [4.69, 9.17) is 15.4 Å². The number of carboxylic acid groups (broad SMARTS) is 1. The van der Waals surface area contributed by atoms with Gasteiger partial charge in [-0.15, -0.1) is 0 Å². The molecular weight excluding hydrogens is 224 g/mol. The van der Waals surface area contributed by atoms with Crippen molar-refractivity contribution in [2.75, 3.05) is 19.6 Å². The zero-order valence-corrected chi connectivity index (χ0v) is 9.03. The van der Waals surface area contributed by atoms with Crippen molar-refractivity contribution in [3.63, 3.8) is 0 Å². The van der Waals surface area contributed by atoms with Gasteiger partial charge in [-0.2, -0.15) is 8.42 Å². The first-order chi connectivity index (χ1) is 6.89. The molecule has 0 spiro atoms. The van der Waals surface area contributed by atoms with Crippen molar-refractivity contribution >= 4 is 16.1 Å². The van der Waals surface area contributed by atoms with Crippen molar-refractivity contribution in [1.82, 2.24) is 5.32 Å². The van der Waals surface area contributed by atoms with Gasteiger partial charge in [0, 0.05) is 0 Å². The molecule has 0 amide bonds. The first kappa shape index (κ1) is 14.3. The second-order valence-electron chi connectivity index (χ2n) is 3.02. The van der Waals surface area contributed by atoms with Crippen molar-refractivity contribution in [2.45, 2.75) is 18.1 Å². The van der Waals surface area contributed by atoms with Crippen LogP contribution >= 0.6 is 0 Å². The van der Waals surface area contributed by atoms with Crippen LogP contribution in [0.1, 0.15) is 12.8 Å². The lowest BCUT2D eigenvalue weighted by atomic mass is 10.3. The second kappa shape index (κ2) is 6.72. The molecule has 0 aromatic heterocycles. The van der Waals surface area contributed by atoms with Crippen LogP contribution in [0.3, 0.4) is 0 Å². The molecule has 90 valence electrons. The van der Waals surface area contributed by atoms with E-state index in [0.717, 1.165) is 6.42 Å². The number of nitrogens with one attached hydrogen (secondary N) is 1. The first-order valence-corrected chi connectivity index (χ1v) is 5.99. The summed E-state index contributed by atoms with van der Waals surface area (Å²) in [7, 11) is -4.52. The van der Waals surface area contributed by atoms with Crippen molar-refractivity contribution in [1.29, 1.82) is 0 Å². The minimum Gasteiger partial charge on any atom is -0.480 e. The van der Waals surface area contributed by atoms with E-state index in [-0.39, 0.29) is 13.0 Å². The van der Waals surface area contributed by atoms with Gasteiger partial charge < -0.3 is 16.2 Å². The Bertz CT molecular complexity index is 290. The van der Waals surface area contributed by atoms with Gasteiger partial charge in [-0.05, 0) is 32.5 Å². The van der Waals surface area contributed by atoms with Crippen LogP contribution in [-0.4, -0.2) is 48.9 Å². The molecule has 1 atom stereocenters. The van der Waals surface area contributed by atoms with Crippen LogP contribution in [-0.2, 0) is 14.9 Å². The highest BCUT2D eigenvalue weighted by Gasteiger charge is 2.29. The number of carbonyl (C=O) groups is 1. The van der Waals surface area contributed by atoms with E-state index in [2.05, 4.69) is 5.32 Å². The molecule has 0 fully saturated rings. The van der Waals surface area contributed by atoms with Crippen molar-refractivity contribution in [2.24, 2.45) is 5.73 Å². The van der Waals surface area contributed by atoms with Crippen LogP contribution in [0.2, 0.25) is 0 Å². The molecule has 0 aromatic carbocycles. The molecule has 0 radical (unpaired) electrons. The fourth-order valence-electron chi connectivity index (χ4n) is 0.985. The molecule has 0 aliphatic heterocycles. The smallest absolute Gasteiger partial charge is 0.324 e. The number of nitrogens with two attached hydrogens (primary N) is 1. The fraction of sp³-hybridized carbons (Fsp3) is 0.857. The first-order valence-electron chi connectivity index (χ1n) is 4.49. The van der Waals surface area contributed by atoms with E-state index >= 15 is 0 Å². The molecule has 0 bridgehead atoms. The molecule has 0 aromatic rings. The summed E-state index contributed by atoms with van der Waals surface area (Å²) in [5.41, 5.74) is 5.22. The Morgan fingerprint density at radius 1 is 1.40 bits per heavy atom. The summed E-state index contributed by atoms with van der Waals surface area (Å²) in [6, 6.07) is 0. The lowest BCUT2D eigenvalue weighted by molar-refractivity contribution is -0.136. The number of carboxylic acids is 1. The summed E-state index contributed by atoms with van der Waals surface area (Å²) in [5.74, 6) is -1.54. The second-order valence-corrected chi connectivity index (χ2v) is 4.62. The summed E-state index contributed by atoms with van der Waals surface area (Å²) in [5, 5.41) is 9.59. The Morgan fingerprint density at radius 2 is 2.00 bits per heavy atom. The topological polar surface area (TPSA) is 130 Å². The third-order valence-corrected chi connectivity index (χ3v) is 2.93. The molecule has 5 N–H and O–H groups in total. The largest absolute Gasteiger partial charge is 0.480 e. The minimum absolute atomic E-state index is 0.168. The Labute approximate surface area is 88.4 Å². The van der Waals surface area contributed by atoms with Gasteiger partial charge in [-0.3, -0.25) is 9.35 Å². The lowest BCUT2D eigenvalue weighted by Gasteiger charge is -2.09. The molecule has 8 heteroatoms. The lowest BCUT2D eigenvalue weighted by Crippen LogP contribution is -2.33. The standard InChI is InChI=1S/C7H16N2O5S/c8-3-1-4-9-5-2-6(7(10)11)15(12,13)14/h6,9H,1-5,8H2,(H,10,11)(H,12,13,14). The van der Waals surface area contributed by atoms with E-state index in [0.29, 0.717) is 13.1 Å². The average molecular weight is 240 g/mol. The molecule has 0 rings (SSSR count). The van der Waals surface area contributed by atoms with Crippen LogP contribution in [0.4, 0.5) is 0 Å². The molecule has 0 saturated carbocycles. The summed E-state index contributed by atoms with van der Waals surface area (Å²) in [6.45, 7) is 1.30. The van der Waals surface area contributed by atoms with Gasteiger partial charge in [0.1, 0.15) is 0 Å². The van der Waals surface area contributed by atoms with Crippen LogP contribution in [0, 0.1) is 0 Å². The predicted molar refractivity (Wildman–Crippen MR) is 54.1 cm³/mol. The summed E-state index contributed by atoms with van der Waals surface area (Å²) < 4.78 is 29.8. The molecule has 7 nitrogen and oxygen atoms in total. The zero-order chi connectivity index (χ0) is 11.9. The van der Waals surface area contributed by atoms with Gasteiger partial charge >= 0.3 is 5.97 Å². The highest BCUT2D eigenvalue weighted by Crippen LogP contribution is 2.03. The molecule has 1 unspecified atom stereocenters. The minimum atomic E-state index is -4.52. The molecule has 0 saturated heterocycles. The van der Waals surface area contributed by atoms with Gasteiger partial charge in [-0.25, -0.2) is 0 Å². The monoisotopic (exact) mass is 240 g/mol. The molecule has 0 aliphatic carbocycles. The highest BCUT2D eigenvalue weighted by molar-refractivity contribution is 7.87. The Hall–Kier alpha value is -0.700. The number of aliphatic carboxylic acids is 1. The van der Waals surface area contributed by atoms with Gasteiger partial charge in [0.2, 0.25) is 0 Å². The number of hydrogen-bond acceptors (Lipinski definition) is 5. The van der Waals surface area contributed by atoms with Crippen molar-refractivity contribution in [3.05, 3.63) is 0 Å². The van der Waals surface area contributed by atoms with Gasteiger partial charge in [0.25, 0.3) is 10.1 Å². The summed E-state index contributed by atoms with van der Waals surface area (Å²) in [6.07, 6.45) is 0.558. The van der Waals surface area contributed by atoms with E-state index in [1.165, 1.54) is 0 Å². The van der Waals surface area contributed by atoms with Crippen LogP contribution in [0.15, 0.2) is 0 Å². The molecular formula is C7H16N2O5S. The van der Waals surface area contributed by atoms with Crippen LogP contribution in [0.5, 0.6) is 0 Å². The predicted octanol–water partition coefficient (Wildman–Crippen LogP) is -1.34. The van der Waals surface area contributed by atoms with Crippen molar-refractivity contribution < 1.29 is 22.9 Å². The maximum Gasteiger partial charge on any atom is 0.324 e. The van der Waals surface area contributed by atoms with Crippen LogP contribution < -0.4 is 11.1 Å². The zero-order valence-electron chi connectivity index (χ0n) is 8.22. The number of rotatable bonds is 8. The molecule has 0 aliphatic rings. The Balaban J connectivity index is 3.95. The third kappa shape index (κ3) is 6.39. The Morgan fingerprint density at radius 3 is 2.40 bits per heavy atom. The van der Waals surface area contributed by atoms with E-state index in [1.54, 1.807) is 0 Å². The van der Waals surface area contributed by atoms with E-state index in [9.17, 15) is 13.2 Å². The fourth-order valence-corrected chi connectivity index (χ4v) is 1.66. The van der Waals surface area contributed by atoms with Gasteiger partial charge in [-0.1, -0.05) is 0 Å². The molecule has 0 heterocycles. The quantitative estimate of drug-likeness (QED) is 0.305. The summed E-state index contributed by atoms with van der Waals surface area (Å²) in [4.78, 5) is 10.5. The third-order valence-electron chi connectivity index (χ3n) is 1.78. The van der Waals surface area contributed by atoms with Crippen LogP contribution in [0.25, 0.3) is 0 Å². The summed E-state index contributed by atoms with van der Waals surface area (Å²) >= 11 is 0. The molecule has 15 heavy (non-hydrogen) atoms. The van der Waals surface area contributed by atoms with E-state index < -0.39 is 21.3 Å². The Kier molecular flexibility index (Phi) is 6.41. The average Bonchev–Trinajstić information content (AvgIpc) is 2.08.